The number of likely N-dealkylation sites (tertiary alicyclic amines) is 1. The summed E-state index contributed by atoms with van der Waals surface area (Å²) < 4.78 is 4.96. The minimum absolute atomic E-state index is 0.538. The predicted octanol–water partition coefficient (Wildman–Crippen LogP) is 1.83. The van der Waals surface area contributed by atoms with Crippen LogP contribution in [0.15, 0.2) is 30.3 Å². The van der Waals surface area contributed by atoms with E-state index in [-0.39, 0.29) is 0 Å². The van der Waals surface area contributed by atoms with Gasteiger partial charge in [-0.15, -0.1) is 0 Å². The van der Waals surface area contributed by atoms with Crippen LogP contribution in [-0.4, -0.2) is 41.7 Å². The molecule has 4 heteroatoms. The fourth-order valence-corrected chi connectivity index (χ4v) is 2.80. The van der Waals surface area contributed by atoms with Gasteiger partial charge in [0.05, 0.1) is 5.60 Å². The maximum atomic E-state index is 10.7. The third kappa shape index (κ3) is 3.58. The van der Waals surface area contributed by atoms with Crippen LogP contribution < -0.4 is 0 Å². The standard InChI is InChI=1S/C16H22NO3/c1-15(2,20-13-18)12-17-10-8-16(19,9-11-17)14-6-4-3-5-7-14/h3-7,19H,8-12H2,1-2H3. The van der Waals surface area contributed by atoms with E-state index < -0.39 is 11.2 Å². The first-order valence-corrected chi connectivity index (χ1v) is 7.01. The van der Waals surface area contributed by atoms with Crippen molar-refractivity contribution in [2.45, 2.75) is 37.9 Å². The Morgan fingerprint density at radius 1 is 1.30 bits per heavy atom. The van der Waals surface area contributed by atoms with Gasteiger partial charge in [-0.1, -0.05) is 30.3 Å². The third-order valence-corrected chi connectivity index (χ3v) is 3.92. The van der Waals surface area contributed by atoms with Crippen molar-refractivity contribution in [2.24, 2.45) is 0 Å². The van der Waals surface area contributed by atoms with Crippen molar-refractivity contribution in [3.05, 3.63) is 35.9 Å². The van der Waals surface area contributed by atoms with E-state index in [9.17, 15) is 9.90 Å². The summed E-state index contributed by atoms with van der Waals surface area (Å²) >= 11 is 0. The molecule has 1 saturated heterocycles. The van der Waals surface area contributed by atoms with E-state index in [0.29, 0.717) is 19.4 Å². The van der Waals surface area contributed by atoms with E-state index in [1.165, 1.54) is 6.47 Å². The first-order chi connectivity index (χ1) is 9.45. The Hall–Kier alpha value is -1.39. The van der Waals surface area contributed by atoms with Gasteiger partial charge in [0, 0.05) is 19.6 Å². The lowest BCUT2D eigenvalue weighted by atomic mass is 9.84. The maximum Gasteiger partial charge on any atom is 0.418 e. The summed E-state index contributed by atoms with van der Waals surface area (Å²) in [6, 6.07) is 9.82. The third-order valence-electron chi connectivity index (χ3n) is 3.92. The highest BCUT2D eigenvalue weighted by Gasteiger charge is 2.35. The fraction of sp³-hybridized carbons (Fsp3) is 0.562. The van der Waals surface area contributed by atoms with Crippen LogP contribution in [0.2, 0.25) is 0 Å². The lowest BCUT2D eigenvalue weighted by Gasteiger charge is -2.40. The van der Waals surface area contributed by atoms with Gasteiger partial charge in [0.2, 0.25) is 0 Å². The van der Waals surface area contributed by atoms with Gasteiger partial charge in [0.25, 0.3) is 0 Å². The lowest BCUT2D eigenvalue weighted by molar-refractivity contribution is -0.0435. The molecule has 0 spiro atoms. The molecular formula is C16H22NO3. The molecule has 1 radical (unpaired) electrons. The fourth-order valence-electron chi connectivity index (χ4n) is 2.80. The Morgan fingerprint density at radius 3 is 2.45 bits per heavy atom. The second kappa shape index (κ2) is 5.94. The summed E-state index contributed by atoms with van der Waals surface area (Å²) in [4.78, 5) is 12.6. The van der Waals surface area contributed by atoms with Crippen molar-refractivity contribution < 1.29 is 14.6 Å². The Kier molecular flexibility index (Phi) is 4.45. The van der Waals surface area contributed by atoms with Gasteiger partial charge in [0.15, 0.2) is 0 Å². The van der Waals surface area contributed by atoms with Crippen molar-refractivity contribution in [3.63, 3.8) is 0 Å². The van der Waals surface area contributed by atoms with Crippen molar-refractivity contribution in [2.75, 3.05) is 19.6 Å². The average Bonchev–Trinajstić information content (AvgIpc) is 2.42. The maximum absolute atomic E-state index is 10.7. The summed E-state index contributed by atoms with van der Waals surface area (Å²) in [6.45, 7) is 7.49. The number of aliphatic hydroxyl groups is 1. The Bertz CT molecular complexity index is 436. The van der Waals surface area contributed by atoms with E-state index in [2.05, 4.69) is 4.90 Å². The lowest BCUT2D eigenvalue weighted by Crippen LogP contribution is -2.48. The van der Waals surface area contributed by atoms with E-state index in [0.717, 1.165) is 18.7 Å². The number of rotatable bonds is 5. The Balaban J connectivity index is 1.94. The molecule has 0 aromatic heterocycles. The molecule has 1 aliphatic heterocycles. The Morgan fingerprint density at radius 2 is 1.90 bits per heavy atom. The molecule has 2 rings (SSSR count). The predicted molar refractivity (Wildman–Crippen MR) is 76.9 cm³/mol. The van der Waals surface area contributed by atoms with Crippen molar-refractivity contribution in [1.82, 2.24) is 4.90 Å². The van der Waals surface area contributed by atoms with Crippen LogP contribution in [-0.2, 0) is 15.1 Å². The van der Waals surface area contributed by atoms with E-state index in [1.807, 2.05) is 44.2 Å². The molecule has 0 amide bonds. The van der Waals surface area contributed by atoms with Gasteiger partial charge in [-0.3, -0.25) is 4.90 Å². The normalized spacial score (nSPS) is 19.6. The van der Waals surface area contributed by atoms with Crippen LogP contribution in [0.1, 0.15) is 32.3 Å². The molecule has 1 N–H and O–H groups in total. The van der Waals surface area contributed by atoms with Crippen LogP contribution in [0.3, 0.4) is 0 Å². The number of ether oxygens (including phenoxy) is 1. The first kappa shape index (κ1) is 15.0. The SMILES string of the molecule is CC(C)(CN1CCC(O)(c2ccccc2)CC1)O[C]=O. The second-order valence-electron chi connectivity index (χ2n) is 6.12. The van der Waals surface area contributed by atoms with Crippen molar-refractivity contribution in [3.8, 4) is 0 Å². The first-order valence-electron chi connectivity index (χ1n) is 7.01. The van der Waals surface area contributed by atoms with Gasteiger partial charge < -0.3 is 9.84 Å². The molecular weight excluding hydrogens is 254 g/mol. The minimum Gasteiger partial charge on any atom is -0.450 e. The zero-order valence-corrected chi connectivity index (χ0v) is 12.1. The van der Waals surface area contributed by atoms with Crippen molar-refractivity contribution in [1.29, 1.82) is 0 Å². The zero-order chi connectivity index (χ0) is 14.6. The largest absolute Gasteiger partial charge is 0.450 e. The van der Waals surface area contributed by atoms with Gasteiger partial charge in [0.1, 0.15) is 5.60 Å². The quantitative estimate of drug-likeness (QED) is 0.891. The topological polar surface area (TPSA) is 49.8 Å². The van der Waals surface area contributed by atoms with Crippen LogP contribution >= 0.6 is 0 Å². The molecule has 0 aliphatic carbocycles. The molecule has 1 heterocycles. The highest BCUT2D eigenvalue weighted by molar-refractivity contribution is 5.39. The van der Waals surface area contributed by atoms with Crippen LogP contribution in [0.5, 0.6) is 0 Å². The van der Waals surface area contributed by atoms with Crippen LogP contribution in [0.25, 0.3) is 0 Å². The molecule has 1 aromatic rings. The zero-order valence-electron chi connectivity index (χ0n) is 12.1. The van der Waals surface area contributed by atoms with Gasteiger partial charge in [-0.2, -0.15) is 0 Å². The summed E-state index contributed by atoms with van der Waals surface area (Å²) in [5, 5.41) is 10.7. The molecule has 0 atom stereocenters. The van der Waals surface area contributed by atoms with Crippen LogP contribution in [0, 0.1) is 0 Å². The second-order valence-corrected chi connectivity index (χ2v) is 6.12. The molecule has 0 saturated carbocycles. The molecule has 4 nitrogen and oxygen atoms in total. The average molecular weight is 276 g/mol. The number of nitrogens with zero attached hydrogens (tertiary/aromatic N) is 1. The highest BCUT2D eigenvalue weighted by atomic mass is 16.5. The monoisotopic (exact) mass is 276 g/mol. The summed E-state index contributed by atoms with van der Waals surface area (Å²) in [5.41, 5.74) is -0.292. The van der Waals surface area contributed by atoms with E-state index in [4.69, 9.17) is 4.74 Å². The van der Waals surface area contributed by atoms with Crippen molar-refractivity contribution >= 4 is 6.47 Å². The highest BCUT2D eigenvalue weighted by Crippen LogP contribution is 2.33. The Labute approximate surface area is 120 Å². The molecule has 20 heavy (non-hydrogen) atoms. The molecule has 0 unspecified atom stereocenters. The van der Waals surface area contributed by atoms with Crippen LogP contribution in [0.4, 0.5) is 0 Å². The number of carbonyl (C=O) groups excluding carboxylic acids is 1. The van der Waals surface area contributed by atoms with Gasteiger partial charge in [-0.05, 0) is 32.3 Å². The molecule has 1 aliphatic rings. The number of hydrogen-bond acceptors (Lipinski definition) is 4. The van der Waals surface area contributed by atoms with Gasteiger partial charge in [-0.25, -0.2) is 4.79 Å². The summed E-state index contributed by atoms with van der Waals surface area (Å²) in [7, 11) is 0. The smallest absolute Gasteiger partial charge is 0.418 e. The number of hydrogen-bond donors (Lipinski definition) is 1. The molecule has 109 valence electrons. The molecule has 0 bridgehead atoms. The van der Waals surface area contributed by atoms with E-state index >= 15 is 0 Å². The molecule has 1 aromatic carbocycles. The van der Waals surface area contributed by atoms with Gasteiger partial charge >= 0.3 is 6.47 Å². The number of piperidine rings is 1. The van der Waals surface area contributed by atoms with E-state index in [1.54, 1.807) is 0 Å². The summed E-state index contributed by atoms with van der Waals surface area (Å²) in [6.07, 6.45) is 1.38. The molecule has 1 fully saturated rings. The summed E-state index contributed by atoms with van der Waals surface area (Å²) in [5.74, 6) is 0. The number of benzene rings is 1. The minimum atomic E-state index is -0.737.